The van der Waals surface area contributed by atoms with Crippen molar-refractivity contribution in [1.82, 2.24) is 5.32 Å². The van der Waals surface area contributed by atoms with Gasteiger partial charge in [-0.1, -0.05) is 35.3 Å². The van der Waals surface area contributed by atoms with Crippen LogP contribution in [0.1, 0.15) is 18.1 Å². The maximum atomic E-state index is 6.20. The van der Waals surface area contributed by atoms with Gasteiger partial charge in [-0.2, -0.15) is 0 Å². The molecule has 2 aromatic carbocycles. The molecule has 0 unspecified atom stereocenters. The Morgan fingerprint density at radius 1 is 1.00 bits per heavy atom. The van der Waals surface area contributed by atoms with Crippen LogP contribution in [0.4, 0.5) is 0 Å². The van der Waals surface area contributed by atoms with Gasteiger partial charge in [-0.3, -0.25) is 0 Å². The molecule has 0 fully saturated rings. The van der Waals surface area contributed by atoms with E-state index in [0.717, 1.165) is 41.5 Å². The molecule has 0 aromatic heterocycles. The topological polar surface area (TPSA) is 30.5 Å². The van der Waals surface area contributed by atoms with E-state index in [-0.39, 0.29) is 0 Å². The number of methoxy groups -OCH3 is 2. The first-order chi connectivity index (χ1) is 11.5. The van der Waals surface area contributed by atoms with E-state index >= 15 is 0 Å². The molecule has 0 amide bonds. The monoisotopic (exact) mass is 367 g/mol. The molecule has 0 heterocycles. The highest BCUT2D eigenvalue weighted by Crippen LogP contribution is 2.28. The summed E-state index contributed by atoms with van der Waals surface area (Å²) in [6.45, 7) is 3.02. The van der Waals surface area contributed by atoms with Crippen LogP contribution in [-0.4, -0.2) is 26.8 Å². The van der Waals surface area contributed by atoms with Crippen LogP contribution in [-0.2, 0) is 12.8 Å². The first kappa shape index (κ1) is 18.9. The van der Waals surface area contributed by atoms with Gasteiger partial charge in [-0.05, 0) is 61.7 Å². The Bertz CT molecular complexity index is 676. The summed E-state index contributed by atoms with van der Waals surface area (Å²) in [7, 11) is 3.29. The molecule has 3 nitrogen and oxygen atoms in total. The normalized spacial score (nSPS) is 12.0. The molecular formula is C19H23Cl2NO2. The fraction of sp³-hybridized carbons (Fsp3) is 0.368. The molecule has 130 valence electrons. The summed E-state index contributed by atoms with van der Waals surface area (Å²) >= 11 is 12.1. The van der Waals surface area contributed by atoms with Gasteiger partial charge >= 0.3 is 0 Å². The molecule has 0 aliphatic heterocycles. The highest BCUT2D eigenvalue weighted by molar-refractivity contribution is 6.35. The quantitative estimate of drug-likeness (QED) is 0.728. The molecular weight excluding hydrogens is 345 g/mol. The van der Waals surface area contributed by atoms with Crippen LogP contribution < -0.4 is 14.8 Å². The van der Waals surface area contributed by atoms with Crippen LogP contribution in [0.25, 0.3) is 0 Å². The second-order valence-corrected chi connectivity index (χ2v) is 6.58. The van der Waals surface area contributed by atoms with E-state index < -0.39 is 0 Å². The van der Waals surface area contributed by atoms with Gasteiger partial charge in [-0.25, -0.2) is 0 Å². The lowest BCUT2D eigenvalue weighted by atomic mass is 10.1. The number of hydrogen-bond acceptors (Lipinski definition) is 3. The Morgan fingerprint density at radius 3 is 2.42 bits per heavy atom. The summed E-state index contributed by atoms with van der Waals surface area (Å²) < 4.78 is 10.6. The Balaban J connectivity index is 1.86. The minimum absolute atomic E-state index is 0.342. The number of benzene rings is 2. The van der Waals surface area contributed by atoms with Gasteiger partial charge in [0.2, 0.25) is 0 Å². The summed E-state index contributed by atoms with van der Waals surface area (Å²) in [5.41, 5.74) is 2.31. The van der Waals surface area contributed by atoms with Crippen LogP contribution in [0.5, 0.6) is 11.5 Å². The van der Waals surface area contributed by atoms with E-state index in [4.69, 9.17) is 32.7 Å². The van der Waals surface area contributed by atoms with Crippen molar-refractivity contribution in [3.8, 4) is 11.5 Å². The smallest absolute Gasteiger partial charge is 0.160 e. The average molecular weight is 368 g/mol. The van der Waals surface area contributed by atoms with Crippen molar-refractivity contribution in [2.45, 2.75) is 25.8 Å². The number of hydrogen-bond donors (Lipinski definition) is 1. The van der Waals surface area contributed by atoms with Gasteiger partial charge in [0.25, 0.3) is 0 Å². The molecule has 1 N–H and O–H groups in total. The van der Waals surface area contributed by atoms with E-state index in [1.54, 1.807) is 20.3 Å². The molecule has 0 saturated carbocycles. The SMILES string of the molecule is COc1ccc(C[C@H](C)NCCc2ccc(Cl)cc2Cl)cc1OC. The van der Waals surface area contributed by atoms with Crippen molar-refractivity contribution in [1.29, 1.82) is 0 Å². The molecule has 1 atom stereocenters. The predicted octanol–water partition coefficient (Wildman–Crippen LogP) is 4.77. The molecule has 24 heavy (non-hydrogen) atoms. The average Bonchev–Trinajstić information content (AvgIpc) is 2.56. The van der Waals surface area contributed by atoms with Crippen molar-refractivity contribution in [3.63, 3.8) is 0 Å². The summed E-state index contributed by atoms with van der Waals surface area (Å²) in [6, 6.07) is 12.0. The van der Waals surface area contributed by atoms with Crippen LogP contribution in [0, 0.1) is 0 Å². The fourth-order valence-electron chi connectivity index (χ4n) is 2.61. The number of nitrogens with one attached hydrogen (secondary N) is 1. The van der Waals surface area contributed by atoms with Crippen LogP contribution in [0.15, 0.2) is 36.4 Å². The Labute approximate surface area is 153 Å². The molecule has 0 radical (unpaired) electrons. The molecule has 0 spiro atoms. The van der Waals surface area contributed by atoms with Crippen LogP contribution in [0.3, 0.4) is 0 Å². The number of rotatable bonds is 8. The van der Waals surface area contributed by atoms with Crippen molar-refractivity contribution in [3.05, 3.63) is 57.6 Å². The summed E-state index contributed by atoms with van der Waals surface area (Å²) in [6.07, 6.45) is 1.78. The maximum Gasteiger partial charge on any atom is 0.160 e. The third-order valence-electron chi connectivity index (χ3n) is 3.89. The van der Waals surface area contributed by atoms with Gasteiger partial charge in [0, 0.05) is 16.1 Å². The molecule has 0 aliphatic rings. The van der Waals surface area contributed by atoms with E-state index in [9.17, 15) is 0 Å². The molecule has 0 aliphatic carbocycles. The van der Waals surface area contributed by atoms with Crippen molar-refractivity contribution >= 4 is 23.2 Å². The second kappa shape index (κ2) is 9.16. The minimum Gasteiger partial charge on any atom is -0.493 e. The lowest BCUT2D eigenvalue weighted by Gasteiger charge is -2.16. The first-order valence-corrected chi connectivity index (χ1v) is 8.67. The minimum atomic E-state index is 0.342. The zero-order chi connectivity index (χ0) is 17.5. The standard InChI is InChI=1S/C19H23Cl2NO2/c1-13(10-14-4-7-18(23-2)19(11-14)24-3)22-9-8-15-5-6-16(20)12-17(15)21/h4-7,11-13,22H,8-10H2,1-3H3/t13-/m0/s1. The van der Waals surface area contributed by atoms with Crippen LogP contribution in [0.2, 0.25) is 10.0 Å². The Kier molecular flexibility index (Phi) is 7.22. The van der Waals surface area contributed by atoms with E-state index in [1.807, 2.05) is 24.3 Å². The number of ether oxygens (including phenoxy) is 2. The molecule has 2 aromatic rings. The maximum absolute atomic E-state index is 6.20. The third-order valence-corrected chi connectivity index (χ3v) is 4.48. The summed E-state index contributed by atoms with van der Waals surface area (Å²) in [5.74, 6) is 1.51. The van der Waals surface area contributed by atoms with Gasteiger partial charge in [0.15, 0.2) is 11.5 Å². The fourth-order valence-corrected chi connectivity index (χ4v) is 3.11. The van der Waals surface area contributed by atoms with E-state index in [2.05, 4.69) is 18.3 Å². The summed E-state index contributed by atoms with van der Waals surface area (Å²) in [4.78, 5) is 0. The van der Waals surface area contributed by atoms with Crippen molar-refractivity contribution in [2.24, 2.45) is 0 Å². The largest absolute Gasteiger partial charge is 0.493 e. The Morgan fingerprint density at radius 2 is 1.75 bits per heavy atom. The van der Waals surface area contributed by atoms with Crippen LogP contribution >= 0.6 is 23.2 Å². The molecule has 0 saturated heterocycles. The summed E-state index contributed by atoms with van der Waals surface area (Å²) in [5, 5.41) is 4.91. The highest BCUT2D eigenvalue weighted by Gasteiger charge is 2.08. The van der Waals surface area contributed by atoms with Gasteiger partial charge < -0.3 is 14.8 Å². The zero-order valence-corrected chi connectivity index (χ0v) is 15.7. The molecule has 5 heteroatoms. The predicted molar refractivity (Wildman–Crippen MR) is 101 cm³/mol. The van der Waals surface area contributed by atoms with E-state index in [1.165, 1.54) is 5.56 Å². The Hall–Kier alpha value is -1.42. The lowest BCUT2D eigenvalue weighted by molar-refractivity contribution is 0.354. The second-order valence-electron chi connectivity index (χ2n) is 5.73. The van der Waals surface area contributed by atoms with Gasteiger partial charge in [0.05, 0.1) is 14.2 Å². The van der Waals surface area contributed by atoms with Gasteiger partial charge in [-0.15, -0.1) is 0 Å². The van der Waals surface area contributed by atoms with Crippen molar-refractivity contribution < 1.29 is 9.47 Å². The van der Waals surface area contributed by atoms with Crippen molar-refractivity contribution in [2.75, 3.05) is 20.8 Å². The molecule has 0 bridgehead atoms. The van der Waals surface area contributed by atoms with E-state index in [0.29, 0.717) is 11.1 Å². The van der Waals surface area contributed by atoms with Gasteiger partial charge in [0.1, 0.15) is 0 Å². The third kappa shape index (κ3) is 5.30. The zero-order valence-electron chi connectivity index (χ0n) is 14.2. The first-order valence-electron chi connectivity index (χ1n) is 7.91. The highest BCUT2D eigenvalue weighted by atomic mass is 35.5. The lowest BCUT2D eigenvalue weighted by Crippen LogP contribution is -2.30. The number of halogens is 2. The molecule has 2 rings (SSSR count).